The van der Waals surface area contributed by atoms with E-state index in [1.54, 1.807) is 29.4 Å². The van der Waals surface area contributed by atoms with E-state index in [0.717, 1.165) is 31.7 Å². The molecule has 0 radical (unpaired) electrons. The van der Waals surface area contributed by atoms with Gasteiger partial charge in [-0.05, 0) is 37.1 Å². The molecule has 1 aliphatic heterocycles. The van der Waals surface area contributed by atoms with Gasteiger partial charge in [0.25, 0.3) is 0 Å². The number of rotatable bonds is 5. The third-order valence-electron chi connectivity index (χ3n) is 4.01. The van der Waals surface area contributed by atoms with E-state index in [2.05, 4.69) is 10.6 Å². The number of carbonyl (C=O) groups is 2. The highest BCUT2D eigenvalue weighted by Gasteiger charge is 2.19. The molecule has 2 heterocycles. The molecule has 1 aromatic carbocycles. The average molecular weight is 327 g/mol. The van der Waals surface area contributed by atoms with E-state index in [1.807, 2.05) is 18.2 Å². The Bertz CT molecular complexity index is 691. The van der Waals surface area contributed by atoms with E-state index < -0.39 is 0 Å². The van der Waals surface area contributed by atoms with Gasteiger partial charge >= 0.3 is 6.03 Å². The molecular weight excluding hydrogens is 306 g/mol. The standard InChI is InChI=1S/C18H21N3O3/c22-17(10-9-14-6-5-13-24-14)19-15-7-1-2-8-16(15)20-18(23)21-11-3-4-12-21/h1-2,5-8,13H,3-4,9-12H2,(H,19,22)(H,20,23). The van der Waals surface area contributed by atoms with Gasteiger partial charge in [0.2, 0.25) is 5.91 Å². The maximum absolute atomic E-state index is 12.2. The van der Waals surface area contributed by atoms with Crippen LogP contribution in [-0.2, 0) is 11.2 Å². The van der Waals surface area contributed by atoms with Crippen LogP contribution in [0.15, 0.2) is 47.1 Å². The number of furan rings is 1. The number of para-hydroxylation sites is 2. The molecule has 0 aliphatic carbocycles. The van der Waals surface area contributed by atoms with Crippen molar-refractivity contribution in [1.82, 2.24) is 4.90 Å². The highest BCUT2D eigenvalue weighted by Crippen LogP contribution is 2.22. The number of hydrogen-bond acceptors (Lipinski definition) is 3. The lowest BCUT2D eigenvalue weighted by molar-refractivity contribution is -0.116. The zero-order chi connectivity index (χ0) is 16.8. The summed E-state index contributed by atoms with van der Waals surface area (Å²) in [7, 11) is 0. The Hall–Kier alpha value is -2.76. The van der Waals surface area contributed by atoms with E-state index in [0.29, 0.717) is 24.2 Å². The molecule has 126 valence electrons. The average Bonchev–Trinajstić information content (AvgIpc) is 3.28. The zero-order valence-corrected chi connectivity index (χ0v) is 13.5. The fraction of sp³-hybridized carbons (Fsp3) is 0.333. The van der Waals surface area contributed by atoms with E-state index in [4.69, 9.17) is 4.42 Å². The Morgan fingerprint density at radius 2 is 1.71 bits per heavy atom. The van der Waals surface area contributed by atoms with Gasteiger partial charge in [0, 0.05) is 25.9 Å². The Kier molecular flexibility index (Phi) is 5.15. The van der Waals surface area contributed by atoms with Gasteiger partial charge in [-0.25, -0.2) is 4.79 Å². The summed E-state index contributed by atoms with van der Waals surface area (Å²) in [5.41, 5.74) is 1.22. The summed E-state index contributed by atoms with van der Waals surface area (Å²) in [6.45, 7) is 1.56. The molecule has 2 aromatic rings. The first-order valence-electron chi connectivity index (χ1n) is 8.19. The Balaban J connectivity index is 1.58. The summed E-state index contributed by atoms with van der Waals surface area (Å²) in [5.74, 6) is 0.662. The lowest BCUT2D eigenvalue weighted by Gasteiger charge is -2.18. The summed E-state index contributed by atoms with van der Waals surface area (Å²) in [4.78, 5) is 26.1. The number of benzene rings is 1. The fourth-order valence-corrected chi connectivity index (χ4v) is 2.72. The molecule has 0 atom stereocenters. The smallest absolute Gasteiger partial charge is 0.321 e. The first kappa shape index (κ1) is 16.1. The first-order valence-corrected chi connectivity index (χ1v) is 8.19. The molecule has 6 heteroatoms. The molecule has 6 nitrogen and oxygen atoms in total. The highest BCUT2D eigenvalue weighted by molar-refractivity contribution is 5.99. The summed E-state index contributed by atoms with van der Waals surface area (Å²) in [6.07, 6.45) is 4.54. The van der Waals surface area contributed by atoms with Crippen LogP contribution in [0.3, 0.4) is 0 Å². The van der Waals surface area contributed by atoms with E-state index >= 15 is 0 Å². The number of likely N-dealkylation sites (tertiary alicyclic amines) is 1. The van der Waals surface area contributed by atoms with Crippen molar-refractivity contribution >= 4 is 23.3 Å². The summed E-state index contributed by atoms with van der Waals surface area (Å²) in [6, 6.07) is 10.8. The SMILES string of the molecule is O=C(CCc1ccco1)Nc1ccccc1NC(=O)N1CCCC1. The second-order valence-corrected chi connectivity index (χ2v) is 5.80. The van der Waals surface area contributed by atoms with Crippen molar-refractivity contribution in [2.75, 3.05) is 23.7 Å². The number of nitrogens with one attached hydrogen (secondary N) is 2. The van der Waals surface area contributed by atoms with E-state index in [-0.39, 0.29) is 11.9 Å². The lowest BCUT2D eigenvalue weighted by Crippen LogP contribution is -2.32. The van der Waals surface area contributed by atoms with E-state index in [9.17, 15) is 9.59 Å². The molecule has 1 aliphatic rings. The van der Waals surface area contributed by atoms with Crippen LogP contribution in [0.1, 0.15) is 25.0 Å². The second-order valence-electron chi connectivity index (χ2n) is 5.80. The predicted octanol–water partition coefficient (Wildman–Crippen LogP) is 3.48. The van der Waals surface area contributed by atoms with Crippen molar-refractivity contribution in [2.45, 2.75) is 25.7 Å². The van der Waals surface area contributed by atoms with Gasteiger partial charge in [-0.2, -0.15) is 0 Å². The maximum Gasteiger partial charge on any atom is 0.321 e. The molecule has 2 N–H and O–H groups in total. The van der Waals surface area contributed by atoms with Gasteiger partial charge in [-0.15, -0.1) is 0 Å². The van der Waals surface area contributed by atoms with Gasteiger partial charge in [0.15, 0.2) is 0 Å². The van der Waals surface area contributed by atoms with Crippen LogP contribution in [0.2, 0.25) is 0 Å². The lowest BCUT2D eigenvalue weighted by atomic mass is 10.2. The molecule has 1 saturated heterocycles. The van der Waals surface area contributed by atoms with Gasteiger partial charge in [0.1, 0.15) is 5.76 Å². The summed E-state index contributed by atoms with van der Waals surface area (Å²) < 4.78 is 5.22. The topological polar surface area (TPSA) is 74.6 Å². The van der Waals surface area contributed by atoms with Gasteiger partial charge in [0.05, 0.1) is 17.6 Å². The fourth-order valence-electron chi connectivity index (χ4n) is 2.72. The quantitative estimate of drug-likeness (QED) is 0.883. The normalized spacial score (nSPS) is 13.8. The number of anilines is 2. The number of amides is 3. The monoisotopic (exact) mass is 327 g/mol. The molecule has 0 saturated carbocycles. The molecule has 3 rings (SSSR count). The number of carbonyl (C=O) groups excluding carboxylic acids is 2. The third kappa shape index (κ3) is 4.16. The van der Waals surface area contributed by atoms with Crippen LogP contribution in [0.25, 0.3) is 0 Å². The van der Waals surface area contributed by atoms with Crippen molar-refractivity contribution in [2.24, 2.45) is 0 Å². The number of hydrogen-bond donors (Lipinski definition) is 2. The highest BCUT2D eigenvalue weighted by atomic mass is 16.3. The van der Waals surface area contributed by atoms with Crippen LogP contribution in [-0.4, -0.2) is 29.9 Å². The third-order valence-corrected chi connectivity index (χ3v) is 4.01. The minimum atomic E-state index is -0.121. The number of aryl methyl sites for hydroxylation is 1. The Labute approximate surface area is 140 Å². The van der Waals surface area contributed by atoms with Crippen LogP contribution >= 0.6 is 0 Å². The first-order chi connectivity index (χ1) is 11.7. The number of nitrogens with zero attached hydrogens (tertiary/aromatic N) is 1. The Morgan fingerprint density at radius 3 is 2.38 bits per heavy atom. The van der Waals surface area contributed by atoms with Gasteiger partial charge in [-0.3, -0.25) is 4.79 Å². The van der Waals surface area contributed by atoms with Gasteiger partial charge < -0.3 is 20.0 Å². The zero-order valence-electron chi connectivity index (χ0n) is 13.5. The van der Waals surface area contributed by atoms with Crippen LogP contribution in [0.5, 0.6) is 0 Å². The van der Waals surface area contributed by atoms with Crippen molar-refractivity contribution in [3.63, 3.8) is 0 Å². The second kappa shape index (κ2) is 7.68. The minimum absolute atomic E-state index is 0.116. The molecule has 3 amide bonds. The largest absolute Gasteiger partial charge is 0.469 e. The maximum atomic E-state index is 12.2. The van der Waals surface area contributed by atoms with Crippen LogP contribution in [0.4, 0.5) is 16.2 Å². The van der Waals surface area contributed by atoms with E-state index in [1.165, 1.54) is 0 Å². The Morgan fingerprint density at radius 1 is 1.00 bits per heavy atom. The molecular formula is C18H21N3O3. The molecule has 24 heavy (non-hydrogen) atoms. The molecule has 0 bridgehead atoms. The van der Waals surface area contributed by atoms with Crippen LogP contribution < -0.4 is 10.6 Å². The summed E-state index contributed by atoms with van der Waals surface area (Å²) >= 11 is 0. The predicted molar refractivity (Wildman–Crippen MR) is 91.9 cm³/mol. The van der Waals surface area contributed by atoms with Gasteiger partial charge in [-0.1, -0.05) is 12.1 Å². The van der Waals surface area contributed by atoms with Crippen molar-refractivity contribution in [3.05, 3.63) is 48.4 Å². The molecule has 1 fully saturated rings. The molecule has 0 spiro atoms. The number of urea groups is 1. The van der Waals surface area contributed by atoms with Crippen LogP contribution in [0, 0.1) is 0 Å². The molecule has 1 aromatic heterocycles. The summed E-state index contributed by atoms with van der Waals surface area (Å²) in [5, 5.41) is 5.74. The molecule has 0 unspecified atom stereocenters. The minimum Gasteiger partial charge on any atom is -0.469 e. The van der Waals surface area contributed by atoms with Crippen molar-refractivity contribution in [1.29, 1.82) is 0 Å². The van der Waals surface area contributed by atoms with Crippen molar-refractivity contribution in [3.8, 4) is 0 Å². The van der Waals surface area contributed by atoms with Crippen molar-refractivity contribution < 1.29 is 14.0 Å².